The number of carbonyl (C=O) groups is 2. The van der Waals surface area contributed by atoms with Gasteiger partial charge < -0.3 is 19.5 Å². The Balaban J connectivity index is 1.91. The zero-order valence-electron chi connectivity index (χ0n) is 10.5. The monoisotopic (exact) mass is 257 g/mol. The number of amides is 1. The van der Waals surface area contributed by atoms with Crippen LogP contribution in [0, 0.1) is 5.92 Å². The molecular formula is C12H19NO5. The molecule has 1 N–H and O–H groups in total. The Morgan fingerprint density at radius 1 is 1.33 bits per heavy atom. The number of nitrogens with zero attached hydrogens (tertiary/aromatic N) is 1. The van der Waals surface area contributed by atoms with Crippen molar-refractivity contribution in [3.8, 4) is 0 Å². The third-order valence-electron chi connectivity index (χ3n) is 3.48. The second-order valence-electron chi connectivity index (χ2n) is 4.93. The number of ether oxygens (including phenoxy) is 2. The van der Waals surface area contributed by atoms with Crippen LogP contribution in [0.25, 0.3) is 0 Å². The minimum absolute atomic E-state index is 0.0290. The highest BCUT2D eigenvalue weighted by atomic mass is 16.5. The summed E-state index contributed by atoms with van der Waals surface area (Å²) in [5.41, 5.74) is 0. The number of hydrogen-bond acceptors (Lipinski definition) is 4. The summed E-state index contributed by atoms with van der Waals surface area (Å²) < 4.78 is 10.8. The van der Waals surface area contributed by atoms with E-state index in [9.17, 15) is 9.59 Å². The van der Waals surface area contributed by atoms with Crippen LogP contribution in [0.4, 0.5) is 0 Å². The molecule has 1 amide bonds. The molecule has 0 bridgehead atoms. The van der Waals surface area contributed by atoms with Gasteiger partial charge in [-0.1, -0.05) is 6.92 Å². The van der Waals surface area contributed by atoms with Crippen molar-refractivity contribution in [1.29, 1.82) is 0 Å². The molecule has 2 fully saturated rings. The summed E-state index contributed by atoms with van der Waals surface area (Å²) >= 11 is 0. The maximum absolute atomic E-state index is 12.2. The van der Waals surface area contributed by atoms with Gasteiger partial charge in [0.05, 0.1) is 19.1 Å². The van der Waals surface area contributed by atoms with Gasteiger partial charge in [0.25, 0.3) is 5.91 Å². The summed E-state index contributed by atoms with van der Waals surface area (Å²) in [6.45, 7) is 3.88. The fraction of sp³-hybridized carbons (Fsp3) is 0.833. The van der Waals surface area contributed by atoms with Crippen LogP contribution in [0.3, 0.4) is 0 Å². The average Bonchev–Trinajstić information content (AvgIpc) is 2.74. The normalized spacial score (nSPS) is 32.5. The predicted octanol–water partition coefficient (Wildman–Crippen LogP) is 0.114. The molecule has 6 heteroatoms. The molecule has 18 heavy (non-hydrogen) atoms. The Kier molecular flexibility index (Phi) is 4.19. The van der Waals surface area contributed by atoms with Gasteiger partial charge in [-0.25, -0.2) is 0 Å². The van der Waals surface area contributed by atoms with E-state index < -0.39 is 12.1 Å². The summed E-state index contributed by atoms with van der Waals surface area (Å²) in [6.07, 6.45) is 0.0648. The summed E-state index contributed by atoms with van der Waals surface area (Å²) in [7, 11) is 0. The van der Waals surface area contributed by atoms with E-state index in [0.717, 1.165) is 6.42 Å². The molecule has 0 aromatic rings. The van der Waals surface area contributed by atoms with Crippen LogP contribution in [-0.4, -0.2) is 60.4 Å². The first-order valence-corrected chi connectivity index (χ1v) is 6.31. The number of carboxylic acids is 1. The molecule has 0 aromatic heterocycles. The second kappa shape index (κ2) is 5.67. The van der Waals surface area contributed by atoms with Gasteiger partial charge in [0.1, 0.15) is 6.10 Å². The van der Waals surface area contributed by atoms with Crippen molar-refractivity contribution in [3.63, 3.8) is 0 Å². The van der Waals surface area contributed by atoms with E-state index in [1.165, 1.54) is 0 Å². The van der Waals surface area contributed by atoms with Crippen LogP contribution < -0.4 is 0 Å². The molecule has 0 radical (unpaired) electrons. The van der Waals surface area contributed by atoms with Crippen molar-refractivity contribution in [2.24, 2.45) is 5.92 Å². The SMILES string of the molecule is CC1CCOC1C(=O)N1CCOC(CC(=O)O)C1. The first kappa shape index (κ1) is 13.3. The second-order valence-corrected chi connectivity index (χ2v) is 4.93. The molecule has 2 rings (SSSR count). The Morgan fingerprint density at radius 3 is 2.72 bits per heavy atom. The van der Waals surface area contributed by atoms with E-state index in [1.54, 1.807) is 4.90 Å². The maximum Gasteiger partial charge on any atom is 0.306 e. The standard InChI is InChI=1S/C12H19NO5/c1-8-2-4-18-11(8)12(16)13-3-5-17-9(7-13)6-10(14)15/h8-9,11H,2-7H2,1H3,(H,14,15). The molecule has 2 heterocycles. The van der Waals surface area contributed by atoms with Crippen molar-refractivity contribution in [2.45, 2.75) is 32.0 Å². The molecule has 0 aromatic carbocycles. The summed E-state index contributed by atoms with van der Waals surface area (Å²) in [5, 5.41) is 8.74. The number of carboxylic acid groups (broad SMARTS) is 1. The van der Waals surface area contributed by atoms with Gasteiger partial charge in [-0.15, -0.1) is 0 Å². The summed E-state index contributed by atoms with van der Waals surface area (Å²) in [4.78, 5) is 24.6. The molecule has 0 spiro atoms. The van der Waals surface area contributed by atoms with E-state index in [4.69, 9.17) is 14.6 Å². The zero-order chi connectivity index (χ0) is 13.1. The first-order chi connectivity index (χ1) is 8.58. The molecule has 2 aliphatic rings. The van der Waals surface area contributed by atoms with Crippen LogP contribution in [-0.2, 0) is 19.1 Å². The maximum atomic E-state index is 12.2. The van der Waals surface area contributed by atoms with E-state index in [2.05, 4.69) is 0 Å². The highest BCUT2D eigenvalue weighted by molar-refractivity contribution is 5.81. The Morgan fingerprint density at radius 2 is 2.11 bits per heavy atom. The Labute approximate surface area is 106 Å². The summed E-state index contributed by atoms with van der Waals surface area (Å²) in [6, 6.07) is 0. The van der Waals surface area contributed by atoms with E-state index in [1.807, 2.05) is 6.92 Å². The van der Waals surface area contributed by atoms with Crippen LogP contribution in [0.15, 0.2) is 0 Å². The largest absolute Gasteiger partial charge is 0.481 e. The molecule has 0 saturated carbocycles. The molecule has 6 nitrogen and oxygen atoms in total. The number of aliphatic carboxylic acids is 1. The van der Waals surface area contributed by atoms with Gasteiger partial charge in [-0.2, -0.15) is 0 Å². The van der Waals surface area contributed by atoms with Crippen LogP contribution in [0.1, 0.15) is 19.8 Å². The van der Waals surface area contributed by atoms with Gasteiger partial charge in [-0.05, 0) is 12.3 Å². The quantitative estimate of drug-likeness (QED) is 0.776. The van der Waals surface area contributed by atoms with Crippen molar-refractivity contribution >= 4 is 11.9 Å². The van der Waals surface area contributed by atoms with Gasteiger partial charge in [-0.3, -0.25) is 9.59 Å². The third kappa shape index (κ3) is 3.00. The smallest absolute Gasteiger partial charge is 0.306 e. The molecule has 3 atom stereocenters. The van der Waals surface area contributed by atoms with Gasteiger partial charge in [0.2, 0.25) is 0 Å². The van der Waals surface area contributed by atoms with Gasteiger partial charge >= 0.3 is 5.97 Å². The molecule has 3 unspecified atom stereocenters. The van der Waals surface area contributed by atoms with E-state index in [-0.39, 0.29) is 24.3 Å². The lowest BCUT2D eigenvalue weighted by atomic mass is 10.0. The highest BCUT2D eigenvalue weighted by Gasteiger charge is 2.36. The number of morpholine rings is 1. The molecule has 0 aliphatic carbocycles. The van der Waals surface area contributed by atoms with E-state index >= 15 is 0 Å². The Bertz CT molecular complexity index is 332. The molecule has 2 saturated heterocycles. The molecule has 102 valence electrons. The van der Waals surface area contributed by atoms with Crippen molar-refractivity contribution in [2.75, 3.05) is 26.3 Å². The van der Waals surface area contributed by atoms with Crippen LogP contribution in [0.5, 0.6) is 0 Å². The number of rotatable bonds is 3. The first-order valence-electron chi connectivity index (χ1n) is 6.31. The Hall–Kier alpha value is -1.14. The predicted molar refractivity (Wildman–Crippen MR) is 62.1 cm³/mol. The number of carbonyl (C=O) groups excluding carboxylic acids is 1. The fourth-order valence-electron chi connectivity index (χ4n) is 2.43. The molecular weight excluding hydrogens is 238 g/mol. The van der Waals surface area contributed by atoms with Gasteiger partial charge in [0.15, 0.2) is 0 Å². The van der Waals surface area contributed by atoms with E-state index in [0.29, 0.717) is 26.3 Å². The van der Waals surface area contributed by atoms with Gasteiger partial charge in [0, 0.05) is 19.7 Å². The van der Waals surface area contributed by atoms with Crippen molar-refractivity contribution < 1.29 is 24.2 Å². The highest BCUT2D eigenvalue weighted by Crippen LogP contribution is 2.23. The lowest BCUT2D eigenvalue weighted by Crippen LogP contribution is -2.50. The third-order valence-corrected chi connectivity index (χ3v) is 3.48. The topological polar surface area (TPSA) is 76.1 Å². The minimum Gasteiger partial charge on any atom is -0.481 e. The molecule has 2 aliphatic heterocycles. The zero-order valence-corrected chi connectivity index (χ0v) is 10.5. The van der Waals surface area contributed by atoms with Crippen molar-refractivity contribution in [1.82, 2.24) is 4.90 Å². The summed E-state index contributed by atoms with van der Waals surface area (Å²) in [5.74, 6) is -0.697. The lowest BCUT2D eigenvalue weighted by Gasteiger charge is -2.34. The van der Waals surface area contributed by atoms with Crippen LogP contribution >= 0.6 is 0 Å². The van der Waals surface area contributed by atoms with Crippen LogP contribution in [0.2, 0.25) is 0 Å². The fourth-order valence-corrected chi connectivity index (χ4v) is 2.43. The average molecular weight is 257 g/mol. The minimum atomic E-state index is -0.903. The van der Waals surface area contributed by atoms with Crippen molar-refractivity contribution in [3.05, 3.63) is 0 Å². The lowest BCUT2D eigenvalue weighted by molar-refractivity contribution is -0.154. The number of hydrogen-bond donors (Lipinski definition) is 1.